The number of rotatable bonds is 3. The van der Waals surface area contributed by atoms with Crippen LogP contribution in [0.25, 0.3) is 0 Å². The predicted molar refractivity (Wildman–Crippen MR) is 114 cm³/mol. The summed E-state index contributed by atoms with van der Waals surface area (Å²) in [6, 6.07) is 8.45. The molecule has 1 aliphatic carbocycles. The number of nitrogens with one attached hydrogen (secondary N) is 1. The van der Waals surface area contributed by atoms with Crippen LogP contribution in [0.3, 0.4) is 0 Å². The molecule has 1 aromatic rings. The van der Waals surface area contributed by atoms with E-state index >= 15 is 0 Å². The molecule has 2 bridgehead atoms. The molecular weight excluding hydrogens is 388 g/mol. The minimum Gasteiger partial charge on any atom is -0.489 e. The third-order valence-electron chi connectivity index (χ3n) is 6.75. The van der Waals surface area contributed by atoms with Gasteiger partial charge < -0.3 is 9.47 Å². The number of benzene rings is 1. The lowest BCUT2D eigenvalue weighted by atomic mass is 9.82. The van der Waals surface area contributed by atoms with Crippen molar-refractivity contribution in [3.8, 4) is 5.75 Å². The predicted octanol–water partition coefficient (Wildman–Crippen LogP) is 2.89. The van der Waals surface area contributed by atoms with Gasteiger partial charge in [0.05, 0.1) is 19.0 Å². The molecule has 29 heavy (non-hydrogen) atoms. The third-order valence-corrected chi connectivity index (χ3v) is 7.48. The number of hydrogen-bond donors (Lipinski definition) is 1. The fraction of sp³-hybridized carbons (Fsp3) is 0.727. The fourth-order valence-electron chi connectivity index (χ4n) is 5.17. The van der Waals surface area contributed by atoms with E-state index in [1.54, 1.807) is 0 Å². The topological polar surface area (TPSA) is 67.9 Å². The number of nitrogens with zero attached hydrogens (tertiary/aromatic N) is 1. The summed E-state index contributed by atoms with van der Waals surface area (Å²) < 4.78 is 39.5. The van der Waals surface area contributed by atoms with Crippen LogP contribution in [-0.4, -0.2) is 63.6 Å². The number of sulfonamides is 1. The highest BCUT2D eigenvalue weighted by atomic mass is 32.2. The van der Waals surface area contributed by atoms with Crippen LogP contribution < -0.4 is 9.46 Å². The average molecular weight is 423 g/mol. The van der Waals surface area contributed by atoms with Gasteiger partial charge in [0.2, 0.25) is 10.0 Å². The van der Waals surface area contributed by atoms with Crippen molar-refractivity contribution in [1.82, 2.24) is 9.62 Å². The van der Waals surface area contributed by atoms with Crippen molar-refractivity contribution in [2.75, 3.05) is 26.0 Å². The highest BCUT2D eigenvalue weighted by Gasteiger charge is 2.38. The second-order valence-corrected chi connectivity index (χ2v) is 10.6. The zero-order chi connectivity index (χ0) is 20.4. The Morgan fingerprint density at radius 1 is 1.14 bits per heavy atom. The Hall–Kier alpha value is -1.15. The molecule has 0 aromatic heterocycles. The molecule has 3 aliphatic heterocycles. The molecule has 1 saturated carbocycles. The Bertz CT molecular complexity index is 792. The lowest BCUT2D eigenvalue weighted by molar-refractivity contribution is -0.00971. The normalized spacial score (nSPS) is 33.7. The molecule has 0 radical (unpaired) electrons. The summed E-state index contributed by atoms with van der Waals surface area (Å²) >= 11 is 0. The lowest BCUT2D eigenvalue weighted by Crippen LogP contribution is -2.49. The van der Waals surface area contributed by atoms with E-state index in [4.69, 9.17) is 9.47 Å². The average Bonchev–Trinajstić information content (AvgIpc) is 3.06. The smallest absolute Gasteiger partial charge is 0.209 e. The van der Waals surface area contributed by atoms with Crippen molar-refractivity contribution in [1.29, 1.82) is 0 Å². The Morgan fingerprint density at radius 2 is 1.90 bits per heavy atom. The number of para-hydroxylation sites is 1. The molecule has 1 N–H and O–H groups in total. The number of hydrogen-bond acceptors (Lipinski definition) is 5. The monoisotopic (exact) mass is 422 g/mol. The summed E-state index contributed by atoms with van der Waals surface area (Å²) in [5, 5.41) is 0. The van der Waals surface area contributed by atoms with Crippen molar-refractivity contribution in [2.24, 2.45) is 0 Å². The second-order valence-electron chi connectivity index (χ2n) is 8.84. The summed E-state index contributed by atoms with van der Waals surface area (Å²) in [4.78, 5) is 2.37. The third kappa shape index (κ3) is 5.13. The van der Waals surface area contributed by atoms with Crippen molar-refractivity contribution in [2.45, 2.75) is 75.7 Å². The minimum atomic E-state index is -3.25. The molecule has 1 aromatic carbocycles. The maximum absolute atomic E-state index is 11.9. The SMILES string of the molecule is CCC1CN2CCC(NS(C)(=O)=O)C2COC2CCC(CC2)c2ccccc2O1. The summed E-state index contributed by atoms with van der Waals surface area (Å²) in [5.74, 6) is 1.55. The molecule has 7 heteroatoms. The highest BCUT2D eigenvalue weighted by molar-refractivity contribution is 7.88. The van der Waals surface area contributed by atoms with Gasteiger partial charge in [-0.1, -0.05) is 25.1 Å². The molecule has 5 rings (SSSR count). The van der Waals surface area contributed by atoms with Gasteiger partial charge in [0.15, 0.2) is 0 Å². The fourth-order valence-corrected chi connectivity index (χ4v) is 5.99. The molecule has 0 spiro atoms. The number of fused-ring (bicyclic) bond motifs is 5. The molecule has 2 fully saturated rings. The first-order valence-electron chi connectivity index (χ1n) is 11.0. The van der Waals surface area contributed by atoms with Crippen LogP contribution in [0.1, 0.15) is 56.9 Å². The molecular formula is C22H34N2O4S. The zero-order valence-electron chi connectivity index (χ0n) is 17.5. The molecule has 4 aliphatic rings. The van der Waals surface area contributed by atoms with Crippen molar-refractivity contribution >= 4 is 10.0 Å². The van der Waals surface area contributed by atoms with Gasteiger partial charge in [0, 0.05) is 25.2 Å². The lowest BCUT2D eigenvalue weighted by Gasteiger charge is -2.32. The minimum absolute atomic E-state index is 0.0519. The van der Waals surface area contributed by atoms with Gasteiger partial charge in [-0.15, -0.1) is 0 Å². The van der Waals surface area contributed by atoms with Crippen LogP contribution in [0, 0.1) is 0 Å². The second kappa shape index (κ2) is 8.92. The van der Waals surface area contributed by atoms with Crippen molar-refractivity contribution in [3.05, 3.63) is 29.8 Å². The van der Waals surface area contributed by atoms with Crippen LogP contribution in [-0.2, 0) is 14.8 Å². The molecule has 3 unspecified atom stereocenters. The first-order chi connectivity index (χ1) is 13.9. The first kappa shape index (κ1) is 21.1. The van der Waals surface area contributed by atoms with Gasteiger partial charge in [-0.05, 0) is 56.1 Å². The van der Waals surface area contributed by atoms with E-state index in [-0.39, 0.29) is 24.3 Å². The van der Waals surface area contributed by atoms with E-state index in [0.29, 0.717) is 12.5 Å². The van der Waals surface area contributed by atoms with Crippen LogP contribution in [0.5, 0.6) is 5.75 Å². The summed E-state index contributed by atoms with van der Waals surface area (Å²) in [6.45, 7) is 4.38. The Kier molecular flexibility index (Phi) is 6.49. The standard InChI is InChI=1S/C22H34N2O4S/c1-3-17-14-24-13-12-20(23-29(2,25)26)21(24)15-27-18-10-8-16(9-11-18)19-6-4-5-7-22(19)28-17/h4-7,16-18,20-21,23H,3,8-15H2,1-2H3. The van der Waals surface area contributed by atoms with E-state index in [9.17, 15) is 8.42 Å². The van der Waals surface area contributed by atoms with Crippen LogP contribution in [0.15, 0.2) is 24.3 Å². The molecule has 162 valence electrons. The first-order valence-corrected chi connectivity index (χ1v) is 12.9. The molecule has 1 saturated heterocycles. The Balaban J connectivity index is 1.60. The van der Waals surface area contributed by atoms with E-state index in [2.05, 4.69) is 40.8 Å². The van der Waals surface area contributed by atoms with Gasteiger partial charge in [-0.3, -0.25) is 4.90 Å². The van der Waals surface area contributed by atoms with Gasteiger partial charge in [-0.25, -0.2) is 13.1 Å². The van der Waals surface area contributed by atoms with E-state index in [0.717, 1.165) is 57.4 Å². The van der Waals surface area contributed by atoms with Gasteiger partial charge in [0.1, 0.15) is 11.9 Å². The van der Waals surface area contributed by atoms with Crippen molar-refractivity contribution in [3.63, 3.8) is 0 Å². The summed E-state index contributed by atoms with van der Waals surface area (Å²) in [6.07, 6.45) is 7.63. The zero-order valence-corrected chi connectivity index (χ0v) is 18.4. The molecule has 3 heterocycles. The quantitative estimate of drug-likeness (QED) is 0.811. The van der Waals surface area contributed by atoms with Gasteiger partial charge in [0.25, 0.3) is 0 Å². The molecule has 6 nitrogen and oxygen atoms in total. The summed E-state index contributed by atoms with van der Waals surface area (Å²) in [5.41, 5.74) is 1.33. The Labute approximate surface area is 175 Å². The van der Waals surface area contributed by atoms with Crippen LogP contribution in [0.2, 0.25) is 0 Å². The van der Waals surface area contributed by atoms with Crippen molar-refractivity contribution < 1.29 is 17.9 Å². The molecule has 3 atom stereocenters. The van der Waals surface area contributed by atoms with E-state index in [1.807, 2.05) is 0 Å². The van der Waals surface area contributed by atoms with E-state index in [1.165, 1.54) is 11.8 Å². The molecule has 0 amide bonds. The Morgan fingerprint density at radius 3 is 2.62 bits per heavy atom. The largest absolute Gasteiger partial charge is 0.489 e. The highest BCUT2D eigenvalue weighted by Crippen LogP contribution is 2.39. The number of ether oxygens (including phenoxy) is 2. The van der Waals surface area contributed by atoms with Gasteiger partial charge >= 0.3 is 0 Å². The van der Waals surface area contributed by atoms with Gasteiger partial charge in [-0.2, -0.15) is 0 Å². The maximum atomic E-state index is 11.9. The van der Waals surface area contributed by atoms with Crippen LogP contribution >= 0.6 is 0 Å². The summed E-state index contributed by atoms with van der Waals surface area (Å²) in [7, 11) is -3.25. The van der Waals surface area contributed by atoms with E-state index < -0.39 is 10.0 Å². The maximum Gasteiger partial charge on any atom is 0.209 e. The van der Waals surface area contributed by atoms with Crippen LogP contribution in [0.4, 0.5) is 0 Å².